The molecule has 0 heterocycles. The number of carbonyl (C=O) groups excluding carboxylic acids is 2. The van der Waals surface area contributed by atoms with Gasteiger partial charge in [-0.2, -0.15) is 0 Å². The molecule has 3 N–H and O–H groups in total. The molecule has 1 fully saturated rings. The first-order valence-electron chi connectivity index (χ1n) is 10.6. The molecular weight excluding hydrogens is 368 g/mol. The quantitative estimate of drug-likeness (QED) is 0.352. The van der Waals surface area contributed by atoms with Crippen LogP contribution in [0.3, 0.4) is 0 Å². The number of hydrogen-bond donors (Lipinski definition) is 3. The van der Waals surface area contributed by atoms with Crippen molar-refractivity contribution in [3.63, 3.8) is 0 Å². The fourth-order valence-electron chi connectivity index (χ4n) is 3.56. The number of nitrogens with zero attached hydrogens (tertiary/aromatic N) is 1. The summed E-state index contributed by atoms with van der Waals surface area (Å²) in [5.41, 5.74) is 1.75. The highest BCUT2D eigenvalue weighted by molar-refractivity contribution is 5.94. The number of hydrogen-bond acceptors (Lipinski definition) is 4. The summed E-state index contributed by atoms with van der Waals surface area (Å²) < 4.78 is 5.14. The van der Waals surface area contributed by atoms with Gasteiger partial charge in [0.15, 0.2) is 5.96 Å². The third kappa shape index (κ3) is 7.40. The smallest absolute Gasteiger partial charge is 0.308 e. The van der Waals surface area contributed by atoms with E-state index in [1.54, 1.807) is 7.05 Å². The predicted molar refractivity (Wildman–Crippen MR) is 115 cm³/mol. The van der Waals surface area contributed by atoms with Crippen LogP contribution < -0.4 is 16.0 Å². The number of amides is 1. The van der Waals surface area contributed by atoms with Crippen LogP contribution in [0.1, 0.15) is 55.5 Å². The number of aliphatic imine (C=N–C) groups is 1. The number of nitrogens with one attached hydrogen (secondary N) is 3. The zero-order chi connectivity index (χ0) is 21.1. The summed E-state index contributed by atoms with van der Waals surface area (Å²) in [6, 6.07) is 7.94. The number of guanidine groups is 1. The minimum absolute atomic E-state index is 0.0279. The molecule has 0 saturated heterocycles. The molecular formula is C22H34N4O3. The highest BCUT2D eigenvalue weighted by Crippen LogP contribution is 2.25. The second kappa shape index (κ2) is 12.1. The summed E-state index contributed by atoms with van der Waals surface area (Å²) in [5, 5.41) is 9.43. The molecule has 1 aliphatic carbocycles. The molecule has 1 saturated carbocycles. The molecule has 0 bridgehead atoms. The monoisotopic (exact) mass is 402 g/mol. The van der Waals surface area contributed by atoms with Gasteiger partial charge >= 0.3 is 5.97 Å². The van der Waals surface area contributed by atoms with Gasteiger partial charge in [-0.25, -0.2) is 0 Å². The molecule has 1 aliphatic rings. The maximum Gasteiger partial charge on any atom is 0.308 e. The lowest BCUT2D eigenvalue weighted by molar-refractivity contribution is -0.149. The zero-order valence-corrected chi connectivity index (χ0v) is 17.8. The van der Waals surface area contributed by atoms with E-state index in [0.717, 1.165) is 50.2 Å². The van der Waals surface area contributed by atoms with Crippen molar-refractivity contribution in [2.75, 3.05) is 26.7 Å². The molecule has 160 valence electrons. The molecule has 7 nitrogen and oxygen atoms in total. The maximum absolute atomic E-state index is 11.9. The van der Waals surface area contributed by atoms with Gasteiger partial charge in [0.05, 0.1) is 12.5 Å². The third-order valence-electron chi connectivity index (χ3n) is 5.12. The van der Waals surface area contributed by atoms with Gasteiger partial charge in [0.25, 0.3) is 5.91 Å². The van der Waals surface area contributed by atoms with Crippen molar-refractivity contribution in [1.82, 2.24) is 16.0 Å². The van der Waals surface area contributed by atoms with Gasteiger partial charge in [0.1, 0.15) is 0 Å². The van der Waals surface area contributed by atoms with E-state index in [4.69, 9.17) is 4.74 Å². The minimum Gasteiger partial charge on any atom is -0.466 e. The Morgan fingerprint density at radius 2 is 1.93 bits per heavy atom. The normalized spacial score (nSPS) is 19.3. The summed E-state index contributed by atoms with van der Waals surface area (Å²) >= 11 is 0. The van der Waals surface area contributed by atoms with Crippen molar-refractivity contribution in [3.8, 4) is 0 Å². The van der Waals surface area contributed by atoms with Gasteiger partial charge in [-0.15, -0.1) is 0 Å². The second-order valence-corrected chi connectivity index (χ2v) is 7.24. The molecule has 29 heavy (non-hydrogen) atoms. The number of benzene rings is 1. The number of esters is 1. The van der Waals surface area contributed by atoms with Crippen LogP contribution in [0, 0.1) is 5.92 Å². The van der Waals surface area contributed by atoms with E-state index in [0.29, 0.717) is 24.8 Å². The van der Waals surface area contributed by atoms with Crippen molar-refractivity contribution < 1.29 is 14.3 Å². The summed E-state index contributed by atoms with van der Waals surface area (Å²) in [4.78, 5) is 28.3. The van der Waals surface area contributed by atoms with Gasteiger partial charge in [0.2, 0.25) is 0 Å². The maximum atomic E-state index is 11.9. The van der Waals surface area contributed by atoms with Crippen LogP contribution in [0.15, 0.2) is 29.3 Å². The lowest BCUT2D eigenvalue weighted by Gasteiger charge is -2.29. The SMILES string of the molecule is CCNC(=NCCc1cccc(C(=O)NC)c1)NC1CCC(C(=O)OCC)CC1. The Morgan fingerprint density at radius 3 is 2.59 bits per heavy atom. The lowest BCUT2D eigenvalue weighted by Crippen LogP contribution is -2.45. The van der Waals surface area contributed by atoms with Gasteiger partial charge in [-0.05, 0) is 63.6 Å². The largest absolute Gasteiger partial charge is 0.466 e. The van der Waals surface area contributed by atoms with E-state index in [1.807, 2.05) is 38.1 Å². The van der Waals surface area contributed by atoms with Gasteiger partial charge in [-0.1, -0.05) is 12.1 Å². The Kier molecular flexibility index (Phi) is 9.47. The first-order valence-corrected chi connectivity index (χ1v) is 10.6. The Labute approximate surface area is 173 Å². The van der Waals surface area contributed by atoms with Gasteiger partial charge in [0, 0.05) is 31.7 Å². The fourth-order valence-corrected chi connectivity index (χ4v) is 3.56. The van der Waals surface area contributed by atoms with Crippen molar-refractivity contribution in [2.24, 2.45) is 10.9 Å². The summed E-state index contributed by atoms with van der Waals surface area (Å²) in [6.07, 6.45) is 4.32. The van der Waals surface area contributed by atoms with Crippen molar-refractivity contribution in [3.05, 3.63) is 35.4 Å². The van der Waals surface area contributed by atoms with E-state index >= 15 is 0 Å². The van der Waals surface area contributed by atoms with Crippen molar-refractivity contribution in [1.29, 1.82) is 0 Å². The summed E-state index contributed by atoms with van der Waals surface area (Å²) in [5.74, 6) is 0.684. The zero-order valence-electron chi connectivity index (χ0n) is 17.8. The highest BCUT2D eigenvalue weighted by Gasteiger charge is 2.27. The molecule has 0 aromatic heterocycles. The molecule has 1 aromatic carbocycles. The molecule has 0 spiro atoms. The van der Waals surface area contributed by atoms with Crippen LogP contribution in [-0.2, 0) is 16.0 Å². The fraction of sp³-hybridized carbons (Fsp3) is 0.591. The Balaban J connectivity index is 1.86. The van der Waals surface area contributed by atoms with Crippen LogP contribution in [0.25, 0.3) is 0 Å². The Morgan fingerprint density at radius 1 is 1.17 bits per heavy atom. The first-order chi connectivity index (χ1) is 14.1. The average molecular weight is 403 g/mol. The lowest BCUT2D eigenvalue weighted by atomic mass is 9.86. The number of carbonyl (C=O) groups is 2. The molecule has 0 radical (unpaired) electrons. The van der Waals surface area contributed by atoms with Crippen LogP contribution in [0.4, 0.5) is 0 Å². The van der Waals surface area contributed by atoms with E-state index < -0.39 is 0 Å². The number of rotatable bonds is 8. The van der Waals surface area contributed by atoms with E-state index in [9.17, 15) is 9.59 Å². The number of ether oxygens (including phenoxy) is 1. The predicted octanol–water partition coefficient (Wildman–Crippen LogP) is 2.27. The van der Waals surface area contributed by atoms with E-state index in [2.05, 4.69) is 20.9 Å². The molecule has 0 aliphatic heterocycles. The molecule has 2 rings (SSSR count). The highest BCUT2D eigenvalue weighted by atomic mass is 16.5. The minimum atomic E-state index is -0.0798. The third-order valence-corrected chi connectivity index (χ3v) is 5.12. The first kappa shape index (κ1) is 22.7. The van der Waals surface area contributed by atoms with E-state index in [1.165, 1.54) is 0 Å². The van der Waals surface area contributed by atoms with Crippen LogP contribution in [-0.4, -0.2) is 50.6 Å². The Hall–Kier alpha value is -2.57. The average Bonchev–Trinajstić information content (AvgIpc) is 2.74. The summed E-state index contributed by atoms with van der Waals surface area (Å²) in [6.45, 7) is 5.75. The molecule has 1 amide bonds. The van der Waals surface area contributed by atoms with E-state index in [-0.39, 0.29) is 17.8 Å². The second-order valence-electron chi connectivity index (χ2n) is 7.24. The van der Waals surface area contributed by atoms with Crippen LogP contribution >= 0.6 is 0 Å². The Bertz CT molecular complexity index is 697. The van der Waals surface area contributed by atoms with Gasteiger partial charge < -0.3 is 20.7 Å². The molecule has 0 atom stereocenters. The van der Waals surface area contributed by atoms with Crippen molar-refractivity contribution in [2.45, 2.75) is 52.0 Å². The van der Waals surface area contributed by atoms with Crippen LogP contribution in [0.2, 0.25) is 0 Å². The topological polar surface area (TPSA) is 91.8 Å². The molecule has 7 heteroatoms. The van der Waals surface area contributed by atoms with Crippen LogP contribution in [0.5, 0.6) is 0 Å². The van der Waals surface area contributed by atoms with Gasteiger partial charge in [-0.3, -0.25) is 14.6 Å². The standard InChI is InChI=1S/C22H34N4O3/c1-4-24-22(26-19-11-9-17(10-12-19)21(28)29-5-2)25-14-13-16-7-6-8-18(15-16)20(27)23-3/h6-8,15,17,19H,4-5,9-14H2,1-3H3,(H,23,27)(H2,24,25,26). The summed E-state index contributed by atoms with van der Waals surface area (Å²) in [7, 11) is 1.63. The molecule has 1 aromatic rings. The van der Waals surface area contributed by atoms with Crippen molar-refractivity contribution >= 4 is 17.8 Å². The molecule has 0 unspecified atom stereocenters.